The Labute approximate surface area is 135 Å². The number of Topliss-reactive ketones (excluding diaryl/α,β-unsaturated/α-hetero) is 1. The lowest BCUT2D eigenvalue weighted by Gasteiger charge is -2.06. The van der Waals surface area contributed by atoms with Gasteiger partial charge >= 0.3 is 5.69 Å². The number of thiophene rings is 1. The summed E-state index contributed by atoms with van der Waals surface area (Å²) in [5.74, 6) is 0.212. The van der Waals surface area contributed by atoms with Crippen molar-refractivity contribution in [1.29, 1.82) is 0 Å². The highest BCUT2D eigenvalue weighted by molar-refractivity contribution is 7.18. The van der Waals surface area contributed by atoms with Crippen LogP contribution in [0.1, 0.15) is 15.2 Å². The molecule has 118 valence electrons. The molecule has 1 aromatic carbocycles. The lowest BCUT2D eigenvalue weighted by molar-refractivity contribution is 0.0969. The number of hydrogen-bond acceptors (Lipinski definition) is 5. The second-order valence-corrected chi connectivity index (χ2v) is 6.33. The van der Waals surface area contributed by atoms with Gasteiger partial charge in [0.05, 0.1) is 19.0 Å². The molecule has 2 heterocycles. The molecule has 6 nitrogen and oxygen atoms in total. The number of ether oxygens (including phenoxy) is 1. The first-order valence-electron chi connectivity index (χ1n) is 6.90. The predicted molar refractivity (Wildman–Crippen MR) is 88.8 cm³/mol. The molecule has 3 aromatic rings. The Morgan fingerprint density at radius 1 is 1.30 bits per heavy atom. The first-order valence-corrected chi connectivity index (χ1v) is 7.72. The Bertz CT molecular complexity index is 1010. The highest BCUT2D eigenvalue weighted by Crippen LogP contribution is 2.18. The van der Waals surface area contributed by atoms with Crippen LogP contribution in [0.3, 0.4) is 0 Å². The van der Waals surface area contributed by atoms with E-state index < -0.39 is 11.2 Å². The van der Waals surface area contributed by atoms with Gasteiger partial charge in [-0.25, -0.2) is 4.79 Å². The number of nitrogens with zero attached hydrogens (tertiary/aromatic N) is 1. The smallest absolute Gasteiger partial charge is 0.329 e. The quantitative estimate of drug-likeness (QED) is 0.741. The van der Waals surface area contributed by atoms with Gasteiger partial charge in [-0.05, 0) is 25.1 Å². The minimum Gasteiger partial charge on any atom is -0.497 e. The summed E-state index contributed by atoms with van der Waals surface area (Å²) < 4.78 is 6.00. The SMILES string of the molecule is COc1cccc(C(=O)Cn2c(=O)[nH]c3sc(C)cc3c2=O)c1. The lowest BCUT2D eigenvalue weighted by atomic mass is 10.1. The Kier molecular flexibility index (Phi) is 3.87. The molecule has 23 heavy (non-hydrogen) atoms. The maximum Gasteiger partial charge on any atom is 0.329 e. The van der Waals surface area contributed by atoms with Gasteiger partial charge in [-0.2, -0.15) is 0 Å². The highest BCUT2D eigenvalue weighted by Gasteiger charge is 2.14. The number of aromatic nitrogens is 2. The van der Waals surface area contributed by atoms with Crippen LogP contribution in [0.5, 0.6) is 5.75 Å². The predicted octanol–water partition coefficient (Wildman–Crippen LogP) is 1.95. The van der Waals surface area contributed by atoms with Crippen LogP contribution >= 0.6 is 11.3 Å². The summed E-state index contributed by atoms with van der Waals surface area (Å²) in [6.45, 7) is 1.54. The van der Waals surface area contributed by atoms with E-state index >= 15 is 0 Å². The lowest BCUT2D eigenvalue weighted by Crippen LogP contribution is -2.36. The molecule has 1 N–H and O–H groups in total. The molecule has 0 aliphatic carbocycles. The summed E-state index contributed by atoms with van der Waals surface area (Å²) in [5, 5.41) is 0.422. The molecule has 3 rings (SSSR count). The van der Waals surface area contributed by atoms with Crippen molar-refractivity contribution >= 4 is 27.3 Å². The number of aromatic amines is 1. The minimum atomic E-state index is -0.583. The third-order valence-electron chi connectivity index (χ3n) is 3.49. The van der Waals surface area contributed by atoms with Crippen molar-refractivity contribution < 1.29 is 9.53 Å². The molecule has 0 aliphatic rings. The fourth-order valence-electron chi connectivity index (χ4n) is 2.34. The van der Waals surface area contributed by atoms with Crippen molar-refractivity contribution in [2.24, 2.45) is 0 Å². The second kappa shape index (κ2) is 5.85. The van der Waals surface area contributed by atoms with Gasteiger partial charge in [-0.1, -0.05) is 12.1 Å². The number of aryl methyl sites for hydroxylation is 1. The number of H-pyrrole nitrogens is 1. The van der Waals surface area contributed by atoms with Gasteiger partial charge < -0.3 is 4.74 Å². The zero-order chi connectivity index (χ0) is 16.6. The molecule has 0 saturated carbocycles. The van der Waals surface area contributed by atoms with Crippen LogP contribution in [0.25, 0.3) is 10.2 Å². The number of nitrogens with one attached hydrogen (secondary N) is 1. The Morgan fingerprint density at radius 3 is 2.83 bits per heavy atom. The van der Waals surface area contributed by atoms with E-state index in [0.29, 0.717) is 21.5 Å². The first-order chi connectivity index (χ1) is 11.0. The standard InChI is InChI=1S/C16H14N2O4S/c1-9-6-12-14(23-9)17-16(21)18(15(12)20)8-13(19)10-4-3-5-11(7-10)22-2/h3-7H,8H2,1-2H3,(H,17,21). The van der Waals surface area contributed by atoms with Gasteiger partial charge in [0.25, 0.3) is 5.56 Å². The highest BCUT2D eigenvalue weighted by atomic mass is 32.1. The van der Waals surface area contributed by atoms with Crippen LogP contribution in [-0.2, 0) is 6.54 Å². The number of rotatable bonds is 4. The molecular weight excluding hydrogens is 316 g/mol. The van der Waals surface area contributed by atoms with Crippen LogP contribution in [0.15, 0.2) is 39.9 Å². The maximum absolute atomic E-state index is 12.4. The van der Waals surface area contributed by atoms with E-state index in [0.717, 1.165) is 9.44 Å². The Hall–Kier alpha value is -2.67. The Balaban J connectivity index is 2.02. The molecule has 0 fully saturated rings. The minimum absolute atomic E-state index is 0.313. The summed E-state index contributed by atoms with van der Waals surface area (Å²) in [5.41, 5.74) is -0.651. The van der Waals surface area contributed by atoms with Crippen molar-refractivity contribution in [3.8, 4) is 5.75 Å². The van der Waals surface area contributed by atoms with Crippen LogP contribution in [0.4, 0.5) is 0 Å². The van der Waals surface area contributed by atoms with Crippen molar-refractivity contribution in [2.45, 2.75) is 13.5 Å². The second-order valence-electron chi connectivity index (χ2n) is 5.08. The van der Waals surface area contributed by atoms with Crippen LogP contribution < -0.4 is 16.0 Å². The van der Waals surface area contributed by atoms with E-state index in [4.69, 9.17) is 4.74 Å². The van der Waals surface area contributed by atoms with Crippen LogP contribution in [-0.4, -0.2) is 22.4 Å². The number of carbonyl (C=O) groups is 1. The van der Waals surface area contributed by atoms with Gasteiger partial charge in [0.1, 0.15) is 10.6 Å². The molecule has 2 aromatic heterocycles. The van der Waals surface area contributed by atoms with E-state index in [2.05, 4.69) is 4.98 Å². The van der Waals surface area contributed by atoms with Crippen molar-refractivity contribution in [2.75, 3.05) is 7.11 Å². The molecule has 0 radical (unpaired) electrons. The van der Waals surface area contributed by atoms with Crippen molar-refractivity contribution in [3.05, 3.63) is 61.6 Å². The van der Waals surface area contributed by atoms with E-state index in [1.807, 2.05) is 6.92 Å². The number of benzene rings is 1. The van der Waals surface area contributed by atoms with Crippen LogP contribution in [0, 0.1) is 6.92 Å². The normalized spacial score (nSPS) is 10.9. The third-order valence-corrected chi connectivity index (χ3v) is 4.46. The topological polar surface area (TPSA) is 81.2 Å². The summed E-state index contributed by atoms with van der Waals surface area (Å²) >= 11 is 1.34. The summed E-state index contributed by atoms with van der Waals surface area (Å²) in [4.78, 5) is 41.0. The van der Waals surface area contributed by atoms with Gasteiger partial charge in [0, 0.05) is 10.4 Å². The van der Waals surface area contributed by atoms with E-state index in [-0.39, 0.29) is 12.3 Å². The fraction of sp³-hybridized carbons (Fsp3) is 0.188. The van der Waals surface area contributed by atoms with Gasteiger partial charge in [0.2, 0.25) is 0 Å². The zero-order valence-electron chi connectivity index (χ0n) is 12.6. The average Bonchev–Trinajstić information content (AvgIpc) is 2.91. The molecular formula is C16H14N2O4S. The van der Waals surface area contributed by atoms with Gasteiger partial charge in [0.15, 0.2) is 5.78 Å². The number of ketones is 1. The molecule has 0 unspecified atom stereocenters. The molecule has 0 aliphatic heterocycles. The van der Waals surface area contributed by atoms with E-state index in [1.54, 1.807) is 30.3 Å². The third kappa shape index (κ3) is 2.83. The summed E-state index contributed by atoms with van der Waals surface area (Å²) in [7, 11) is 1.51. The first kappa shape index (κ1) is 15.2. The summed E-state index contributed by atoms with van der Waals surface area (Å²) in [6, 6.07) is 8.32. The van der Waals surface area contributed by atoms with Gasteiger partial charge in [-0.15, -0.1) is 11.3 Å². The molecule has 7 heteroatoms. The zero-order valence-corrected chi connectivity index (χ0v) is 13.4. The van der Waals surface area contributed by atoms with Crippen molar-refractivity contribution in [3.63, 3.8) is 0 Å². The summed E-state index contributed by atoms with van der Waals surface area (Å²) in [6.07, 6.45) is 0. The largest absolute Gasteiger partial charge is 0.497 e. The van der Waals surface area contributed by atoms with E-state index in [1.165, 1.54) is 18.4 Å². The fourth-order valence-corrected chi connectivity index (χ4v) is 3.24. The molecule has 0 amide bonds. The molecule has 0 bridgehead atoms. The maximum atomic E-state index is 12.4. The van der Waals surface area contributed by atoms with Gasteiger partial charge in [-0.3, -0.25) is 19.1 Å². The van der Waals surface area contributed by atoms with E-state index in [9.17, 15) is 14.4 Å². The average molecular weight is 330 g/mol. The van der Waals surface area contributed by atoms with Crippen molar-refractivity contribution in [1.82, 2.24) is 9.55 Å². The number of methoxy groups -OCH3 is 1. The number of carbonyl (C=O) groups excluding carboxylic acids is 1. The number of fused-ring (bicyclic) bond motifs is 1. The molecule has 0 saturated heterocycles. The molecule has 0 atom stereocenters. The molecule has 0 spiro atoms. The monoisotopic (exact) mass is 330 g/mol. The number of hydrogen-bond donors (Lipinski definition) is 1. The van der Waals surface area contributed by atoms with Crippen LogP contribution in [0.2, 0.25) is 0 Å². The Morgan fingerprint density at radius 2 is 2.09 bits per heavy atom.